The smallest absolute Gasteiger partial charge is 0.414 e. The number of amides is 1. The zero-order valence-electron chi connectivity index (χ0n) is 9.86. The Morgan fingerprint density at radius 2 is 2.31 bits per heavy atom. The highest BCUT2D eigenvalue weighted by atomic mass is 79.9. The Balaban J connectivity index is 2.61. The lowest BCUT2D eigenvalue weighted by Gasteiger charge is -2.26. The van der Waals surface area contributed by atoms with Crippen LogP contribution < -0.4 is 0 Å². The van der Waals surface area contributed by atoms with Gasteiger partial charge in [0, 0.05) is 24.2 Å². The van der Waals surface area contributed by atoms with E-state index >= 15 is 0 Å². The van der Waals surface area contributed by atoms with Crippen LogP contribution in [0.15, 0.2) is 16.9 Å². The number of nitrogens with zero attached hydrogens (tertiary/aromatic N) is 2. The first-order chi connectivity index (χ1) is 7.42. The standard InChI is InChI=1S/C11H17BrN2O2/c1-11(2,3)16-10(15)14-7-6-13-9(8-14)4-5-12/h6,8H,4-5,7H2,1-3H3. The number of halogens is 1. The Hall–Kier alpha value is -0.840. The first-order valence-corrected chi connectivity index (χ1v) is 6.33. The first kappa shape index (κ1) is 13.2. The van der Waals surface area contributed by atoms with Crippen LogP contribution in [0.2, 0.25) is 0 Å². The highest BCUT2D eigenvalue weighted by Gasteiger charge is 2.21. The molecule has 5 heteroatoms. The van der Waals surface area contributed by atoms with E-state index in [0.29, 0.717) is 6.54 Å². The summed E-state index contributed by atoms with van der Waals surface area (Å²) in [4.78, 5) is 17.5. The normalized spacial score (nSPS) is 16.0. The van der Waals surface area contributed by atoms with Crippen molar-refractivity contribution in [1.29, 1.82) is 0 Å². The van der Waals surface area contributed by atoms with Crippen LogP contribution in [0.25, 0.3) is 0 Å². The third kappa shape index (κ3) is 4.35. The number of allylic oxidation sites excluding steroid dienone is 1. The van der Waals surface area contributed by atoms with Crippen molar-refractivity contribution in [3.8, 4) is 0 Å². The van der Waals surface area contributed by atoms with E-state index in [2.05, 4.69) is 20.9 Å². The second kappa shape index (κ2) is 5.48. The average molecular weight is 289 g/mol. The van der Waals surface area contributed by atoms with Crippen LogP contribution in [-0.4, -0.2) is 34.7 Å². The summed E-state index contributed by atoms with van der Waals surface area (Å²) in [6, 6.07) is 0. The lowest BCUT2D eigenvalue weighted by Crippen LogP contribution is -2.35. The number of hydrogen-bond acceptors (Lipinski definition) is 3. The van der Waals surface area contributed by atoms with E-state index in [-0.39, 0.29) is 6.09 Å². The van der Waals surface area contributed by atoms with Crippen molar-refractivity contribution in [2.24, 2.45) is 4.99 Å². The SMILES string of the molecule is CC(C)(C)OC(=O)N1C=C(CCBr)N=CC1. The van der Waals surface area contributed by atoms with Crippen LogP contribution in [0.5, 0.6) is 0 Å². The molecule has 0 atom stereocenters. The topological polar surface area (TPSA) is 41.9 Å². The fourth-order valence-corrected chi connectivity index (χ4v) is 1.59. The molecule has 0 bridgehead atoms. The highest BCUT2D eigenvalue weighted by Crippen LogP contribution is 2.14. The van der Waals surface area contributed by atoms with Crippen LogP contribution in [0, 0.1) is 0 Å². The van der Waals surface area contributed by atoms with Crippen molar-refractivity contribution in [3.63, 3.8) is 0 Å². The summed E-state index contributed by atoms with van der Waals surface area (Å²) in [7, 11) is 0. The van der Waals surface area contributed by atoms with Crippen molar-refractivity contribution in [2.75, 3.05) is 11.9 Å². The molecule has 1 aliphatic heterocycles. The van der Waals surface area contributed by atoms with Crippen molar-refractivity contribution in [3.05, 3.63) is 11.9 Å². The van der Waals surface area contributed by atoms with Gasteiger partial charge < -0.3 is 4.74 Å². The number of aliphatic imine (C=N–C) groups is 1. The second-order valence-electron chi connectivity index (χ2n) is 4.50. The lowest BCUT2D eigenvalue weighted by atomic mass is 10.2. The Kier molecular flexibility index (Phi) is 4.53. The molecule has 1 heterocycles. The molecule has 0 aromatic rings. The molecule has 16 heavy (non-hydrogen) atoms. The third-order valence-electron chi connectivity index (χ3n) is 1.82. The van der Waals surface area contributed by atoms with Gasteiger partial charge in [0.2, 0.25) is 0 Å². The minimum absolute atomic E-state index is 0.328. The number of rotatable bonds is 2. The van der Waals surface area contributed by atoms with E-state index in [1.54, 1.807) is 12.4 Å². The van der Waals surface area contributed by atoms with Gasteiger partial charge >= 0.3 is 6.09 Å². The number of hydrogen-bond donors (Lipinski definition) is 0. The molecular weight excluding hydrogens is 272 g/mol. The minimum atomic E-state index is -0.463. The molecule has 0 unspecified atom stereocenters. The summed E-state index contributed by atoms with van der Waals surface area (Å²) < 4.78 is 5.27. The molecule has 1 amide bonds. The van der Waals surface area contributed by atoms with Crippen LogP contribution in [0.3, 0.4) is 0 Å². The molecule has 0 aliphatic carbocycles. The number of ether oxygens (including phenoxy) is 1. The van der Waals surface area contributed by atoms with Crippen LogP contribution in [-0.2, 0) is 4.74 Å². The first-order valence-electron chi connectivity index (χ1n) is 5.21. The summed E-state index contributed by atoms with van der Waals surface area (Å²) in [6.07, 6.45) is 3.94. The fourth-order valence-electron chi connectivity index (χ4n) is 1.19. The molecule has 0 saturated heterocycles. The summed E-state index contributed by atoms with van der Waals surface area (Å²) in [5.41, 5.74) is 0.420. The van der Waals surface area contributed by atoms with E-state index in [1.807, 2.05) is 20.8 Å². The van der Waals surface area contributed by atoms with Crippen molar-refractivity contribution in [1.82, 2.24) is 4.90 Å². The summed E-state index contributed by atoms with van der Waals surface area (Å²) in [5.74, 6) is 0. The van der Waals surface area contributed by atoms with E-state index in [4.69, 9.17) is 4.74 Å². The molecule has 0 spiro atoms. The fraction of sp³-hybridized carbons (Fsp3) is 0.636. The van der Waals surface area contributed by atoms with Gasteiger partial charge in [-0.15, -0.1) is 0 Å². The van der Waals surface area contributed by atoms with E-state index in [9.17, 15) is 4.79 Å². The number of carbonyl (C=O) groups excluding carboxylic acids is 1. The quantitative estimate of drug-likeness (QED) is 0.733. The Labute approximate surface area is 104 Å². The Morgan fingerprint density at radius 3 is 2.88 bits per heavy atom. The third-order valence-corrected chi connectivity index (χ3v) is 2.22. The van der Waals surface area contributed by atoms with Gasteiger partial charge in [-0.25, -0.2) is 4.79 Å². The average Bonchev–Trinajstić information content (AvgIpc) is 2.16. The molecule has 1 rings (SSSR count). The van der Waals surface area contributed by atoms with Crippen molar-refractivity contribution in [2.45, 2.75) is 32.8 Å². The Bertz CT molecular complexity index is 318. The highest BCUT2D eigenvalue weighted by molar-refractivity contribution is 9.09. The molecule has 0 N–H and O–H groups in total. The Morgan fingerprint density at radius 1 is 1.62 bits per heavy atom. The van der Waals surface area contributed by atoms with E-state index in [1.165, 1.54) is 4.90 Å². The molecule has 0 fully saturated rings. The van der Waals surface area contributed by atoms with Crippen LogP contribution >= 0.6 is 15.9 Å². The molecule has 4 nitrogen and oxygen atoms in total. The number of carbonyl (C=O) groups is 1. The lowest BCUT2D eigenvalue weighted by molar-refractivity contribution is 0.0355. The molecule has 0 saturated carbocycles. The summed E-state index contributed by atoms with van der Waals surface area (Å²) in [6.45, 7) is 6.03. The zero-order valence-corrected chi connectivity index (χ0v) is 11.5. The second-order valence-corrected chi connectivity index (χ2v) is 5.30. The molecule has 0 radical (unpaired) electrons. The minimum Gasteiger partial charge on any atom is -0.443 e. The zero-order chi connectivity index (χ0) is 12.2. The largest absolute Gasteiger partial charge is 0.443 e. The molecule has 1 aliphatic rings. The van der Waals surface area contributed by atoms with Crippen molar-refractivity contribution < 1.29 is 9.53 Å². The predicted octanol–water partition coefficient (Wildman–Crippen LogP) is 2.93. The van der Waals surface area contributed by atoms with Crippen LogP contribution in [0.1, 0.15) is 27.2 Å². The van der Waals surface area contributed by atoms with Gasteiger partial charge in [0.1, 0.15) is 5.60 Å². The summed E-state index contributed by atoms with van der Waals surface area (Å²) >= 11 is 3.34. The van der Waals surface area contributed by atoms with Crippen molar-refractivity contribution >= 4 is 28.2 Å². The van der Waals surface area contributed by atoms with Gasteiger partial charge in [-0.05, 0) is 20.8 Å². The monoisotopic (exact) mass is 288 g/mol. The maximum atomic E-state index is 11.7. The number of alkyl halides is 1. The van der Waals surface area contributed by atoms with E-state index in [0.717, 1.165) is 17.4 Å². The molecule has 0 aromatic carbocycles. The van der Waals surface area contributed by atoms with E-state index < -0.39 is 5.60 Å². The van der Waals surface area contributed by atoms with Gasteiger partial charge in [0.25, 0.3) is 0 Å². The van der Waals surface area contributed by atoms with Gasteiger partial charge in [0.05, 0.1) is 12.2 Å². The molecule has 0 aromatic heterocycles. The summed E-state index contributed by atoms with van der Waals surface area (Å²) in [5, 5.41) is 0.832. The molecule has 90 valence electrons. The van der Waals surface area contributed by atoms with Gasteiger partial charge in [-0.1, -0.05) is 15.9 Å². The maximum absolute atomic E-state index is 11.7. The predicted molar refractivity (Wildman–Crippen MR) is 67.9 cm³/mol. The molecular formula is C11H17BrN2O2. The maximum Gasteiger partial charge on any atom is 0.414 e. The van der Waals surface area contributed by atoms with Gasteiger partial charge in [-0.3, -0.25) is 9.89 Å². The van der Waals surface area contributed by atoms with Crippen LogP contribution in [0.4, 0.5) is 4.79 Å². The van der Waals surface area contributed by atoms with Gasteiger partial charge in [-0.2, -0.15) is 0 Å². The van der Waals surface area contributed by atoms with Gasteiger partial charge in [0.15, 0.2) is 0 Å².